The van der Waals surface area contributed by atoms with Crippen LogP contribution < -0.4 is 5.32 Å². The van der Waals surface area contributed by atoms with Crippen LogP contribution in [0, 0.1) is 5.92 Å². The SMILES string of the molecule is C=CCN(CCC)Cc1csc(CNCC(C)C)n1. The zero-order valence-electron chi connectivity index (χ0n) is 12.5. The molecule has 1 heterocycles. The van der Waals surface area contributed by atoms with E-state index in [-0.39, 0.29) is 0 Å². The summed E-state index contributed by atoms with van der Waals surface area (Å²) in [6.07, 6.45) is 3.13. The highest BCUT2D eigenvalue weighted by Gasteiger charge is 2.07. The molecule has 0 radical (unpaired) electrons. The molecule has 4 heteroatoms. The van der Waals surface area contributed by atoms with E-state index in [0.29, 0.717) is 5.92 Å². The highest BCUT2D eigenvalue weighted by molar-refractivity contribution is 7.09. The molecule has 19 heavy (non-hydrogen) atoms. The van der Waals surface area contributed by atoms with E-state index in [1.165, 1.54) is 17.1 Å². The molecule has 0 amide bonds. The molecule has 0 aliphatic rings. The molecule has 1 aromatic heterocycles. The fourth-order valence-corrected chi connectivity index (χ4v) is 2.69. The van der Waals surface area contributed by atoms with Gasteiger partial charge in [-0.15, -0.1) is 17.9 Å². The van der Waals surface area contributed by atoms with Gasteiger partial charge in [-0.2, -0.15) is 0 Å². The van der Waals surface area contributed by atoms with Crippen molar-refractivity contribution in [3.63, 3.8) is 0 Å². The van der Waals surface area contributed by atoms with Crippen LogP contribution in [-0.4, -0.2) is 29.5 Å². The molecule has 0 aromatic carbocycles. The number of thiazole rings is 1. The van der Waals surface area contributed by atoms with Crippen molar-refractivity contribution < 1.29 is 0 Å². The third kappa shape index (κ3) is 6.85. The molecule has 0 saturated heterocycles. The first-order chi connectivity index (χ1) is 9.15. The summed E-state index contributed by atoms with van der Waals surface area (Å²) in [5.74, 6) is 0.687. The van der Waals surface area contributed by atoms with Gasteiger partial charge in [0.15, 0.2) is 0 Å². The maximum atomic E-state index is 4.69. The van der Waals surface area contributed by atoms with Gasteiger partial charge in [0.05, 0.1) is 5.69 Å². The Morgan fingerprint density at radius 2 is 2.32 bits per heavy atom. The van der Waals surface area contributed by atoms with E-state index in [0.717, 1.165) is 32.7 Å². The first kappa shape index (κ1) is 16.3. The van der Waals surface area contributed by atoms with Crippen LogP contribution in [0.3, 0.4) is 0 Å². The first-order valence-electron chi connectivity index (χ1n) is 7.13. The molecule has 1 aromatic rings. The van der Waals surface area contributed by atoms with E-state index >= 15 is 0 Å². The lowest BCUT2D eigenvalue weighted by Gasteiger charge is -2.18. The first-order valence-corrected chi connectivity index (χ1v) is 8.00. The van der Waals surface area contributed by atoms with Gasteiger partial charge in [-0.3, -0.25) is 4.90 Å². The second-order valence-corrected chi connectivity index (χ2v) is 6.22. The van der Waals surface area contributed by atoms with Crippen LogP contribution in [0.4, 0.5) is 0 Å². The van der Waals surface area contributed by atoms with Gasteiger partial charge < -0.3 is 5.32 Å². The Morgan fingerprint density at radius 1 is 1.53 bits per heavy atom. The molecule has 0 spiro atoms. The number of hydrogen-bond donors (Lipinski definition) is 1. The zero-order chi connectivity index (χ0) is 14.1. The van der Waals surface area contributed by atoms with E-state index in [9.17, 15) is 0 Å². The summed E-state index contributed by atoms with van der Waals surface area (Å²) in [5.41, 5.74) is 1.18. The molecule has 1 N–H and O–H groups in total. The lowest BCUT2D eigenvalue weighted by Crippen LogP contribution is -2.24. The van der Waals surface area contributed by atoms with Gasteiger partial charge in [-0.1, -0.05) is 26.8 Å². The summed E-state index contributed by atoms with van der Waals surface area (Å²) >= 11 is 1.75. The van der Waals surface area contributed by atoms with Gasteiger partial charge in [0.2, 0.25) is 0 Å². The molecule has 0 saturated carbocycles. The van der Waals surface area contributed by atoms with E-state index in [1.807, 2.05) is 6.08 Å². The summed E-state index contributed by atoms with van der Waals surface area (Å²) < 4.78 is 0. The van der Waals surface area contributed by atoms with Crippen molar-refractivity contribution in [2.45, 2.75) is 40.3 Å². The van der Waals surface area contributed by atoms with Crippen molar-refractivity contribution in [1.82, 2.24) is 15.2 Å². The van der Waals surface area contributed by atoms with Gasteiger partial charge >= 0.3 is 0 Å². The molecule has 0 atom stereocenters. The molecule has 0 unspecified atom stereocenters. The summed E-state index contributed by atoms with van der Waals surface area (Å²) in [5, 5.41) is 6.80. The number of hydrogen-bond acceptors (Lipinski definition) is 4. The van der Waals surface area contributed by atoms with Crippen LogP contribution in [-0.2, 0) is 13.1 Å². The molecule has 0 aliphatic carbocycles. The second-order valence-electron chi connectivity index (χ2n) is 5.28. The molecule has 3 nitrogen and oxygen atoms in total. The maximum Gasteiger partial charge on any atom is 0.107 e. The smallest absolute Gasteiger partial charge is 0.107 e. The van der Waals surface area contributed by atoms with Crippen molar-refractivity contribution in [1.29, 1.82) is 0 Å². The van der Waals surface area contributed by atoms with E-state index in [2.05, 4.69) is 42.9 Å². The Bertz CT molecular complexity index is 360. The number of nitrogens with one attached hydrogen (secondary N) is 1. The zero-order valence-corrected chi connectivity index (χ0v) is 13.3. The maximum absolute atomic E-state index is 4.69. The third-order valence-electron chi connectivity index (χ3n) is 2.74. The minimum Gasteiger partial charge on any atom is -0.310 e. The quantitative estimate of drug-likeness (QED) is 0.667. The fraction of sp³-hybridized carbons (Fsp3) is 0.667. The van der Waals surface area contributed by atoms with Gasteiger partial charge in [0.25, 0.3) is 0 Å². The molecule has 0 aliphatic heterocycles. The van der Waals surface area contributed by atoms with Crippen LogP contribution in [0.2, 0.25) is 0 Å². The molecular weight excluding hydrogens is 254 g/mol. The van der Waals surface area contributed by atoms with E-state index in [1.54, 1.807) is 11.3 Å². The number of nitrogens with zero attached hydrogens (tertiary/aromatic N) is 2. The monoisotopic (exact) mass is 281 g/mol. The Kier molecular flexibility index (Phi) is 7.94. The van der Waals surface area contributed by atoms with Gasteiger partial charge in [-0.25, -0.2) is 4.98 Å². The topological polar surface area (TPSA) is 28.2 Å². The summed E-state index contributed by atoms with van der Waals surface area (Å²) in [7, 11) is 0. The van der Waals surface area contributed by atoms with Crippen molar-refractivity contribution in [3.05, 3.63) is 28.7 Å². The lowest BCUT2D eigenvalue weighted by atomic mass is 10.2. The normalized spacial score (nSPS) is 11.4. The van der Waals surface area contributed by atoms with E-state index in [4.69, 9.17) is 4.98 Å². The number of rotatable bonds is 10. The Morgan fingerprint density at radius 3 is 2.95 bits per heavy atom. The lowest BCUT2D eigenvalue weighted by molar-refractivity contribution is 0.292. The predicted octanol–water partition coefficient (Wildman–Crippen LogP) is 3.29. The third-order valence-corrected chi connectivity index (χ3v) is 3.64. The number of aromatic nitrogens is 1. The molecule has 1 rings (SSSR count). The minimum absolute atomic E-state index is 0.687. The summed E-state index contributed by atoms with van der Waals surface area (Å²) in [4.78, 5) is 7.07. The predicted molar refractivity (Wildman–Crippen MR) is 84.4 cm³/mol. The fourth-order valence-electron chi connectivity index (χ4n) is 1.93. The molecule has 0 fully saturated rings. The summed E-state index contributed by atoms with van der Waals surface area (Å²) in [6, 6.07) is 0. The van der Waals surface area contributed by atoms with Crippen molar-refractivity contribution in [2.75, 3.05) is 19.6 Å². The second kappa shape index (κ2) is 9.23. The Balaban J connectivity index is 2.41. The van der Waals surface area contributed by atoms with Crippen LogP contribution in [0.25, 0.3) is 0 Å². The van der Waals surface area contributed by atoms with Crippen molar-refractivity contribution in [2.24, 2.45) is 5.92 Å². The van der Waals surface area contributed by atoms with E-state index < -0.39 is 0 Å². The summed E-state index contributed by atoms with van der Waals surface area (Å²) in [6.45, 7) is 15.4. The average Bonchev–Trinajstić information content (AvgIpc) is 2.77. The van der Waals surface area contributed by atoms with Gasteiger partial charge in [-0.05, 0) is 25.4 Å². The highest BCUT2D eigenvalue weighted by Crippen LogP contribution is 2.12. The van der Waals surface area contributed by atoms with Crippen LogP contribution in [0.15, 0.2) is 18.0 Å². The molecule has 108 valence electrons. The standard InChI is InChI=1S/C15H27N3S/c1-5-7-18(8-6-2)11-14-12-19-15(17-14)10-16-9-13(3)4/h5,12-13,16H,1,6-11H2,2-4H3. The van der Waals surface area contributed by atoms with Crippen LogP contribution >= 0.6 is 11.3 Å². The minimum atomic E-state index is 0.687. The molecule has 0 bridgehead atoms. The van der Waals surface area contributed by atoms with Gasteiger partial charge in [0, 0.05) is 25.0 Å². The van der Waals surface area contributed by atoms with Gasteiger partial charge in [0.1, 0.15) is 5.01 Å². The van der Waals surface area contributed by atoms with Crippen LogP contribution in [0.1, 0.15) is 37.9 Å². The largest absolute Gasteiger partial charge is 0.310 e. The Hall–Kier alpha value is -0.710. The van der Waals surface area contributed by atoms with Crippen LogP contribution in [0.5, 0.6) is 0 Å². The highest BCUT2D eigenvalue weighted by atomic mass is 32.1. The van der Waals surface area contributed by atoms with Crippen molar-refractivity contribution >= 4 is 11.3 Å². The average molecular weight is 281 g/mol. The van der Waals surface area contributed by atoms with Crippen molar-refractivity contribution in [3.8, 4) is 0 Å². The molecular formula is C15H27N3S. The Labute approximate surface area is 121 Å².